The molecule has 1 aliphatic rings. The van der Waals surface area contributed by atoms with Crippen LogP contribution in [0.3, 0.4) is 0 Å². The zero-order chi connectivity index (χ0) is 14.7. The van der Waals surface area contributed by atoms with Gasteiger partial charge in [0.1, 0.15) is 0 Å². The molecule has 1 aromatic rings. The maximum atomic E-state index is 12.6. The van der Waals surface area contributed by atoms with Gasteiger partial charge in [0, 0.05) is 37.8 Å². The fourth-order valence-corrected chi connectivity index (χ4v) is 2.96. The third-order valence-electron chi connectivity index (χ3n) is 4.47. The molecule has 1 fully saturated rings. The molecule has 0 aromatic heterocycles. The Labute approximate surface area is 122 Å². The normalized spacial score (nSPS) is 17.4. The van der Waals surface area contributed by atoms with Crippen LogP contribution in [0, 0.1) is 6.92 Å². The fourth-order valence-electron chi connectivity index (χ4n) is 2.96. The topological polar surface area (TPSA) is 23.6 Å². The predicted octanol–water partition coefficient (Wildman–Crippen LogP) is 2.94. The van der Waals surface area contributed by atoms with E-state index in [2.05, 4.69) is 18.7 Å². The smallest absolute Gasteiger partial charge is 0.254 e. The summed E-state index contributed by atoms with van der Waals surface area (Å²) in [5.74, 6) is 0.158. The molecule has 1 amide bonds. The van der Waals surface area contributed by atoms with E-state index in [1.54, 1.807) is 0 Å². The molecule has 1 aliphatic heterocycles. The van der Waals surface area contributed by atoms with Gasteiger partial charge in [-0.15, -0.1) is 0 Å². The van der Waals surface area contributed by atoms with E-state index in [-0.39, 0.29) is 5.91 Å². The highest BCUT2D eigenvalue weighted by Crippen LogP contribution is 2.20. The number of hydrogen-bond donors (Lipinski definition) is 0. The molecule has 0 radical (unpaired) electrons. The van der Waals surface area contributed by atoms with Crippen LogP contribution in [0.5, 0.6) is 0 Å². The molecule has 1 saturated heterocycles. The van der Waals surface area contributed by atoms with Crippen LogP contribution in [0.2, 0.25) is 0 Å². The minimum atomic E-state index is 0.158. The molecule has 0 bridgehead atoms. The van der Waals surface area contributed by atoms with Crippen LogP contribution in [-0.4, -0.2) is 47.9 Å². The lowest BCUT2D eigenvalue weighted by atomic mass is 10.0. The average molecular weight is 274 g/mol. The van der Waals surface area contributed by atoms with Crippen molar-refractivity contribution < 1.29 is 4.79 Å². The van der Waals surface area contributed by atoms with E-state index in [1.165, 1.54) is 0 Å². The van der Waals surface area contributed by atoms with Crippen LogP contribution in [-0.2, 0) is 0 Å². The van der Waals surface area contributed by atoms with E-state index in [0.717, 1.165) is 37.1 Å². The Bertz CT molecular complexity index is 462. The van der Waals surface area contributed by atoms with Gasteiger partial charge in [-0.1, -0.05) is 18.2 Å². The highest BCUT2D eigenvalue weighted by Gasteiger charge is 2.27. The quantitative estimate of drug-likeness (QED) is 0.846. The summed E-state index contributed by atoms with van der Waals surface area (Å²) in [6.07, 6.45) is 2.15. The van der Waals surface area contributed by atoms with Gasteiger partial charge in [0.2, 0.25) is 0 Å². The van der Waals surface area contributed by atoms with Crippen LogP contribution in [0.1, 0.15) is 42.6 Å². The first-order chi connectivity index (χ1) is 9.50. The zero-order valence-corrected chi connectivity index (χ0v) is 13.1. The van der Waals surface area contributed by atoms with Crippen molar-refractivity contribution in [3.05, 3.63) is 35.4 Å². The molecule has 20 heavy (non-hydrogen) atoms. The monoisotopic (exact) mass is 274 g/mol. The Hall–Kier alpha value is -1.35. The van der Waals surface area contributed by atoms with Crippen molar-refractivity contribution >= 4 is 5.91 Å². The number of rotatable bonds is 3. The molecule has 3 heteroatoms. The molecular weight excluding hydrogens is 248 g/mol. The predicted molar refractivity (Wildman–Crippen MR) is 83.0 cm³/mol. The minimum absolute atomic E-state index is 0.158. The van der Waals surface area contributed by atoms with Gasteiger partial charge in [0.25, 0.3) is 5.91 Å². The van der Waals surface area contributed by atoms with Gasteiger partial charge in [-0.25, -0.2) is 0 Å². The summed E-state index contributed by atoms with van der Waals surface area (Å²) < 4.78 is 0. The standard InChI is InChI=1S/C17H26N2O/c1-13(2)19-11-9-15(10-12-19)18(4)17(20)16-8-6-5-7-14(16)3/h5-8,13,15H,9-12H2,1-4H3. The molecule has 0 unspecified atom stereocenters. The van der Waals surface area contributed by atoms with E-state index in [4.69, 9.17) is 0 Å². The second-order valence-corrected chi connectivity index (χ2v) is 6.09. The molecule has 0 N–H and O–H groups in total. The van der Waals surface area contributed by atoms with Gasteiger partial charge in [-0.3, -0.25) is 4.79 Å². The minimum Gasteiger partial charge on any atom is -0.339 e. The summed E-state index contributed by atoms with van der Waals surface area (Å²) in [5.41, 5.74) is 1.89. The van der Waals surface area contributed by atoms with Crippen molar-refractivity contribution in [1.82, 2.24) is 9.80 Å². The van der Waals surface area contributed by atoms with Crippen molar-refractivity contribution in [3.63, 3.8) is 0 Å². The number of aryl methyl sites for hydroxylation is 1. The van der Waals surface area contributed by atoms with E-state index in [1.807, 2.05) is 43.1 Å². The number of likely N-dealkylation sites (tertiary alicyclic amines) is 1. The second kappa shape index (κ2) is 6.40. The Morgan fingerprint density at radius 1 is 1.25 bits per heavy atom. The van der Waals surface area contributed by atoms with E-state index >= 15 is 0 Å². The van der Waals surface area contributed by atoms with Crippen molar-refractivity contribution in [2.24, 2.45) is 0 Å². The van der Waals surface area contributed by atoms with Crippen molar-refractivity contribution in [3.8, 4) is 0 Å². The van der Waals surface area contributed by atoms with Crippen molar-refractivity contribution in [2.75, 3.05) is 20.1 Å². The van der Waals surface area contributed by atoms with E-state index < -0.39 is 0 Å². The molecule has 2 rings (SSSR count). The number of hydrogen-bond acceptors (Lipinski definition) is 2. The maximum absolute atomic E-state index is 12.6. The van der Waals surface area contributed by atoms with Gasteiger partial charge in [-0.05, 0) is 45.2 Å². The molecule has 1 heterocycles. The van der Waals surface area contributed by atoms with Crippen LogP contribution in [0.15, 0.2) is 24.3 Å². The van der Waals surface area contributed by atoms with Crippen LogP contribution < -0.4 is 0 Å². The van der Waals surface area contributed by atoms with Gasteiger partial charge in [0.15, 0.2) is 0 Å². The SMILES string of the molecule is Cc1ccccc1C(=O)N(C)C1CCN(C(C)C)CC1. The maximum Gasteiger partial charge on any atom is 0.254 e. The largest absolute Gasteiger partial charge is 0.339 e. The Kier molecular flexibility index (Phi) is 4.81. The Morgan fingerprint density at radius 3 is 2.40 bits per heavy atom. The zero-order valence-electron chi connectivity index (χ0n) is 13.1. The Morgan fingerprint density at radius 2 is 1.85 bits per heavy atom. The van der Waals surface area contributed by atoms with E-state index in [9.17, 15) is 4.79 Å². The summed E-state index contributed by atoms with van der Waals surface area (Å²) in [6.45, 7) is 8.66. The first-order valence-corrected chi connectivity index (χ1v) is 7.57. The van der Waals surface area contributed by atoms with Crippen LogP contribution in [0.25, 0.3) is 0 Å². The van der Waals surface area contributed by atoms with Crippen LogP contribution in [0.4, 0.5) is 0 Å². The third kappa shape index (κ3) is 3.21. The lowest BCUT2D eigenvalue weighted by Gasteiger charge is -2.38. The van der Waals surface area contributed by atoms with Gasteiger partial charge >= 0.3 is 0 Å². The van der Waals surface area contributed by atoms with Gasteiger partial charge in [-0.2, -0.15) is 0 Å². The average Bonchev–Trinajstić information content (AvgIpc) is 2.46. The fraction of sp³-hybridized carbons (Fsp3) is 0.588. The lowest BCUT2D eigenvalue weighted by molar-refractivity contribution is 0.0614. The highest BCUT2D eigenvalue weighted by atomic mass is 16.2. The molecule has 3 nitrogen and oxygen atoms in total. The molecule has 0 saturated carbocycles. The van der Waals surface area contributed by atoms with E-state index in [0.29, 0.717) is 12.1 Å². The first kappa shape index (κ1) is 15.0. The van der Waals surface area contributed by atoms with Crippen molar-refractivity contribution in [2.45, 2.75) is 45.7 Å². The molecule has 1 aromatic carbocycles. The number of carbonyl (C=O) groups is 1. The highest BCUT2D eigenvalue weighted by molar-refractivity contribution is 5.95. The van der Waals surface area contributed by atoms with Gasteiger partial charge < -0.3 is 9.80 Å². The number of amides is 1. The molecule has 0 aliphatic carbocycles. The number of piperidine rings is 1. The molecular formula is C17H26N2O. The summed E-state index contributed by atoms with van der Waals surface area (Å²) >= 11 is 0. The van der Waals surface area contributed by atoms with Crippen LogP contribution >= 0.6 is 0 Å². The molecule has 0 atom stereocenters. The molecule has 0 spiro atoms. The number of benzene rings is 1. The summed E-state index contributed by atoms with van der Waals surface area (Å²) in [6, 6.07) is 8.83. The summed E-state index contributed by atoms with van der Waals surface area (Å²) in [4.78, 5) is 17.0. The lowest BCUT2D eigenvalue weighted by Crippen LogP contribution is -2.47. The first-order valence-electron chi connectivity index (χ1n) is 7.57. The Balaban J connectivity index is 2.00. The third-order valence-corrected chi connectivity index (χ3v) is 4.47. The number of nitrogens with zero attached hydrogens (tertiary/aromatic N) is 2. The van der Waals surface area contributed by atoms with Crippen molar-refractivity contribution in [1.29, 1.82) is 0 Å². The number of carbonyl (C=O) groups excluding carboxylic acids is 1. The molecule has 110 valence electrons. The second-order valence-electron chi connectivity index (χ2n) is 6.09. The summed E-state index contributed by atoms with van der Waals surface area (Å²) in [5, 5.41) is 0. The van der Waals surface area contributed by atoms with Gasteiger partial charge in [0.05, 0.1) is 0 Å². The summed E-state index contributed by atoms with van der Waals surface area (Å²) in [7, 11) is 1.95.